The van der Waals surface area contributed by atoms with E-state index in [1.165, 1.54) is 38.2 Å². The molecule has 1 unspecified atom stereocenters. The fraction of sp³-hybridized carbons (Fsp3) is 1.00. The molecule has 1 aliphatic rings. The van der Waals surface area contributed by atoms with E-state index >= 15 is 0 Å². The van der Waals surface area contributed by atoms with Gasteiger partial charge in [0.05, 0.1) is 0 Å². The minimum Gasteiger partial charge on any atom is -0.315 e. The van der Waals surface area contributed by atoms with Crippen LogP contribution in [0.25, 0.3) is 0 Å². The Kier molecular flexibility index (Phi) is 5.83. The second-order valence-electron chi connectivity index (χ2n) is 3.63. The quantitative estimate of drug-likeness (QED) is 0.701. The van der Waals surface area contributed by atoms with E-state index in [2.05, 4.69) is 23.4 Å². The topological polar surface area (TPSA) is 15.3 Å². The van der Waals surface area contributed by atoms with Gasteiger partial charge >= 0.3 is 0 Å². The van der Waals surface area contributed by atoms with Crippen LogP contribution in [0.4, 0.5) is 0 Å². The number of rotatable bonds is 6. The van der Waals surface area contributed by atoms with Crippen molar-refractivity contribution < 1.29 is 0 Å². The van der Waals surface area contributed by atoms with E-state index in [4.69, 9.17) is 0 Å². The molecule has 1 saturated heterocycles. The summed E-state index contributed by atoms with van der Waals surface area (Å²) in [6.45, 7) is 7.06. The molecule has 1 fully saturated rings. The number of thioether (sulfide) groups is 1. The molecule has 1 atom stereocenters. The molecule has 1 rings (SSSR count). The first kappa shape index (κ1) is 11.3. The largest absolute Gasteiger partial charge is 0.315 e. The second-order valence-corrected chi connectivity index (χ2v) is 4.62. The SMILES string of the molecule is CCNCC1CCCN1CCSC. The van der Waals surface area contributed by atoms with Gasteiger partial charge < -0.3 is 5.32 Å². The highest BCUT2D eigenvalue weighted by molar-refractivity contribution is 7.98. The molecule has 0 aromatic rings. The summed E-state index contributed by atoms with van der Waals surface area (Å²) in [6, 6.07) is 0.812. The first-order valence-electron chi connectivity index (χ1n) is 5.32. The summed E-state index contributed by atoms with van der Waals surface area (Å²) in [5.41, 5.74) is 0. The predicted molar refractivity (Wildman–Crippen MR) is 61.5 cm³/mol. The summed E-state index contributed by atoms with van der Waals surface area (Å²) >= 11 is 1.95. The van der Waals surface area contributed by atoms with E-state index in [-0.39, 0.29) is 0 Å². The van der Waals surface area contributed by atoms with Crippen LogP contribution in [-0.2, 0) is 0 Å². The Morgan fingerprint density at radius 3 is 3.08 bits per heavy atom. The Balaban J connectivity index is 2.18. The van der Waals surface area contributed by atoms with Crippen LogP contribution in [0, 0.1) is 0 Å². The molecule has 0 bridgehead atoms. The zero-order valence-electron chi connectivity index (χ0n) is 8.88. The molecule has 0 amide bonds. The molecule has 3 heteroatoms. The van der Waals surface area contributed by atoms with Crippen LogP contribution in [0.3, 0.4) is 0 Å². The van der Waals surface area contributed by atoms with E-state index in [0.29, 0.717) is 0 Å². The Hall–Kier alpha value is 0.270. The highest BCUT2D eigenvalue weighted by Crippen LogP contribution is 2.16. The lowest BCUT2D eigenvalue weighted by molar-refractivity contribution is 0.263. The molecular formula is C10H22N2S. The normalized spacial score (nSPS) is 24.0. The van der Waals surface area contributed by atoms with Crippen LogP contribution >= 0.6 is 11.8 Å². The maximum atomic E-state index is 3.45. The van der Waals surface area contributed by atoms with Gasteiger partial charge in [-0.1, -0.05) is 6.92 Å². The number of hydrogen-bond acceptors (Lipinski definition) is 3. The van der Waals surface area contributed by atoms with Gasteiger partial charge in [0, 0.05) is 24.9 Å². The maximum Gasteiger partial charge on any atom is 0.0221 e. The lowest BCUT2D eigenvalue weighted by Gasteiger charge is -2.24. The van der Waals surface area contributed by atoms with Crippen molar-refractivity contribution in [2.45, 2.75) is 25.8 Å². The number of nitrogens with zero attached hydrogens (tertiary/aromatic N) is 1. The van der Waals surface area contributed by atoms with Gasteiger partial charge in [-0.15, -0.1) is 0 Å². The highest BCUT2D eigenvalue weighted by atomic mass is 32.2. The summed E-state index contributed by atoms with van der Waals surface area (Å²) < 4.78 is 0. The maximum absolute atomic E-state index is 3.45. The minimum atomic E-state index is 0.812. The van der Waals surface area contributed by atoms with Crippen molar-refractivity contribution in [2.24, 2.45) is 0 Å². The number of likely N-dealkylation sites (N-methyl/N-ethyl adjacent to an activating group) is 1. The highest BCUT2D eigenvalue weighted by Gasteiger charge is 2.22. The van der Waals surface area contributed by atoms with Gasteiger partial charge in [-0.2, -0.15) is 11.8 Å². The van der Waals surface area contributed by atoms with Crippen LogP contribution in [-0.4, -0.2) is 49.1 Å². The van der Waals surface area contributed by atoms with Crippen molar-refractivity contribution >= 4 is 11.8 Å². The summed E-state index contributed by atoms with van der Waals surface area (Å²) in [5.74, 6) is 1.28. The van der Waals surface area contributed by atoms with Crippen molar-refractivity contribution in [3.8, 4) is 0 Å². The van der Waals surface area contributed by atoms with Gasteiger partial charge in [0.15, 0.2) is 0 Å². The van der Waals surface area contributed by atoms with Crippen molar-refractivity contribution in [3.05, 3.63) is 0 Å². The zero-order valence-corrected chi connectivity index (χ0v) is 9.70. The fourth-order valence-electron chi connectivity index (χ4n) is 1.94. The van der Waals surface area contributed by atoms with Crippen LogP contribution in [0.2, 0.25) is 0 Å². The van der Waals surface area contributed by atoms with E-state index in [1.54, 1.807) is 0 Å². The molecule has 0 aromatic carbocycles. The summed E-state index contributed by atoms with van der Waals surface area (Å²) in [7, 11) is 0. The Bertz CT molecular complexity index is 116. The first-order valence-corrected chi connectivity index (χ1v) is 6.71. The van der Waals surface area contributed by atoms with Crippen molar-refractivity contribution in [1.82, 2.24) is 10.2 Å². The first-order chi connectivity index (χ1) is 6.38. The van der Waals surface area contributed by atoms with Gasteiger partial charge in [0.2, 0.25) is 0 Å². The molecule has 0 spiro atoms. The molecule has 0 radical (unpaired) electrons. The van der Waals surface area contributed by atoms with Crippen molar-refractivity contribution in [1.29, 1.82) is 0 Å². The third kappa shape index (κ3) is 3.88. The molecule has 1 N–H and O–H groups in total. The smallest absolute Gasteiger partial charge is 0.0221 e. The third-order valence-corrected chi connectivity index (χ3v) is 3.30. The average molecular weight is 202 g/mol. The minimum absolute atomic E-state index is 0.812. The van der Waals surface area contributed by atoms with Crippen LogP contribution in [0.1, 0.15) is 19.8 Å². The second kappa shape index (κ2) is 6.68. The zero-order chi connectivity index (χ0) is 9.52. The predicted octanol–water partition coefficient (Wildman–Crippen LogP) is 1.42. The lowest BCUT2D eigenvalue weighted by Crippen LogP contribution is -2.38. The number of nitrogens with one attached hydrogen (secondary N) is 1. The molecule has 0 aromatic heterocycles. The van der Waals surface area contributed by atoms with Gasteiger partial charge in [-0.05, 0) is 32.2 Å². The molecule has 1 heterocycles. The number of likely N-dealkylation sites (tertiary alicyclic amines) is 1. The van der Waals surface area contributed by atoms with Gasteiger partial charge in [0.1, 0.15) is 0 Å². The van der Waals surface area contributed by atoms with Crippen LogP contribution < -0.4 is 5.32 Å². The molecular weight excluding hydrogens is 180 g/mol. The van der Waals surface area contributed by atoms with Gasteiger partial charge in [-0.3, -0.25) is 4.90 Å². The third-order valence-electron chi connectivity index (χ3n) is 2.71. The molecule has 2 nitrogen and oxygen atoms in total. The van der Waals surface area contributed by atoms with E-state index in [1.807, 2.05) is 11.8 Å². The summed E-state index contributed by atoms with van der Waals surface area (Å²) in [4.78, 5) is 2.64. The standard InChI is InChI=1S/C10H22N2S/c1-3-11-9-10-5-4-6-12(10)7-8-13-2/h10-11H,3-9H2,1-2H3. The molecule has 0 aliphatic carbocycles. The molecule has 78 valence electrons. The molecule has 0 saturated carbocycles. The average Bonchev–Trinajstić information content (AvgIpc) is 2.59. The fourth-order valence-corrected chi connectivity index (χ4v) is 2.36. The molecule has 1 aliphatic heterocycles. The lowest BCUT2D eigenvalue weighted by atomic mass is 10.2. The van der Waals surface area contributed by atoms with Crippen molar-refractivity contribution in [2.75, 3.05) is 38.2 Å². The van der Waals surface area contributed by atoms with Crippen LogP contribution in [0.5, 0.6) is 0 Å². The van der Waals surface area contributed by atoms with E-state index in [0.717, 1.165) is 12.6 Å². The van der Waals surface area contributed by atoms with E-state index < -0.39 is 0 Å². The number of hydrogen-bond donors (Lipinski definition) is 1. The summed E-state index contributed by atoms with van der Waals surface area (Å²) in [6.07, 6.45) is 4.97. The van der Waals surface area contributed by atoms with Gasteiger partial charge in [0.25, 0.3) is 0 Å². The van der Waals surface area contributed by atoms with Gasteiger partial charge in [-0.25, -0.2) is 0 Å². The Labute approximate surface area is 86.5 Å². The van der Waals surface area contributed by atoms with Crippen LogP contribution in [0.15, 0.2) is 0 Å². The van der Waals surface area contributed by atoms with Crippen molar-refractivity contribution in [3.63, 3.8) is 0 Å². The Morgan fingerprint density at radius 2 is 2.38 bits per heavy atom. The Morgan fingerprint density at radius 1 is 1.54 bits per heavy atom. The van der Waals surface area contributed by atoms with E-state index in [9.17, 15) is 0 Å². The molecule has 13 heavy (non-hydrogen) atoms. The monoisotopic (exact) mass is 202 g/mol. The summed E-state index contributed by atoms with van der Waals surface area (Å²) in [5, 5.41) is 3.45.